The molecule has 7 atom stereocenters. The first-order valence-electron chi connectivity index (χ1n) is 24.2. The number of aliphatic hydroxyl groups is 5. The molecule has 9 nitrogen and oxygen atoms in total. The van der Waals surface area contributed by atoms with Crippen molar-refractivity contribution < 1.29 is 39.8 Å². The number of nitrogens with one attached hydrogen (secondary N) is 1. The molecule has 58 heavy (non-hydrogen) atoms. The molecule has 9 heteroatoms. The van der Waals surface area contributed by atoms with Gasteiger partial charge in [0.1, 0.15) is 24.4 Å². The first-order valence-corrected chi connectivity index (χ1v) is 24.2. The van der Waals surface area contributed by atoms with Crippen LogP contribution in [0.3, 0.4) is 0 Å². The Morgan fingerprint density at radius 2 is 1.02 bits per heavy atom. The first kappa shape index (κ1) is 54.4. The quantitative estimate of drug-likeness (QED) is 0.0264. The average Bonchev–Trinajstić information content (AvgIpc) is 3.22. The Labute approximate surface area is 355 Å². The number of allylic oxidation sites excluding steroid dienone is 6. The third kappa shape index (κ3) is 29.6. The second-order valence-corrected chi connectivity index (χ2v) is 16.9. The molecule has 0 aliphatic carbocycles. The lowest BCUT2D eigenvalue weighted by molar-refractivity contribution is -0.302. The predicted octanol–water partition coefficient (Wildman–Crippen LogP) is 10.5. The van der Waals surface area contributed by atoms with Gasteiger partial charge in [-0.15, -0.1) is 0 Å². The molecule has 0 saturated carbocycles. The summed E-state index contributed by atoms with van der Waals surface area (Å²) in [4.78, 5) is 13.0. The van der Waals surface area contributed by atoms with E-state index in [2.05, 4.69) is 55.6 Å². The molecule has 0 bridgehead atoms. The fourth-order valence-corrected chi connectivity index (χ4v) is 7.58. The van der Waals surface area contributed by atoms with Gasteiger partial charge in [0.25, 0.3) is 0 Å². The van der Waals surface area contributed by atoms with Crippen LogP contribution in [0.15, 0.2) is 36.5 Å². The number of ether oxygens (including phenoxy) is 2. The smallest absolute Gasteiger partial charge is 0.220 e. The summed E-state index contributed by atoms with van der Waals surface area (Å²) in [5.74, 6) is -0.157. The molecule has 1 amide bonds. The SMILES string of the molecule is CCCCC/C=C\C/C=C\C/C=C\CCCCCCCCC(=O)NC(COC1OC(CO)C(O)C(O)C1O)C(O)CCCCCCCCCCCCCCCCCC. The van der Waals surface area contributed by atoms with Gasteiger partial charge in [0.2, 0.25) is 5.91 Å². The molecule has 0 aromatic carbocycles. The lowest BCUT2D eigenvalue weighted by atomic mass is 9.99. The highest BCUT2D eigenvalue weighted by atomic mass is 16.7. The fraction of sp³-hybridized carbons (Fsp3) is 0.857. The second kappa shape index (κ2) is 39.5. The van der Waals surface area contributed by atoms with Gasteiger partial charge in [-0.1, -0.05) is 192 Å². The first-order chi connectivity index (χ1) is 28.3. The van der Waals surface area contributed by atoms with Gasteiger partial charge in [-0.3, -0.25) is 4.79 Å². The zero-order chi connectivity index (χ0) is 42.3. The van der Waals surface area contributed by atoms with Crippen molar-refractivity contribution in [3.63, 3.8) is 0 Å². The Bertz CT molecular complexity index is 1000. The van der Waals surface area contributed by atoms with E-state index in [0.29, 0.717) is 12.8 Å². The van der Waals surface area contributed by atoms with E-state index in [9.17, 15) is 30.3 Å². The number of hydrogen-bond acceptors (Lipinski definition) is 8. The molecule has 1 aliphatic rings. The van der Waals surface area contributed by atoms with Crippen molar-refractivity contribution in [2.45, 2.75) is 256 Å². The van der Waals surface area contributed by atoms with Gasteiger partial charge in [0.15, 0.2) is 6.29 Å². The molecule has 340 valence electrons. The van der Waals surface area contributed by atoms with Crippen LogP contribution in [-0.4, -0.2) is 87.5 Å². The van der Waals surface area contributed by atoms with Crippen LogP contribution in [0.2, 0.25) is 0 Å². The highest BCUT2D eigenvalue weighted by Gasteiger charge is 2.44. The summed E-state index contributed by atoms with van der Waals surface area (Å²) in [5.41, 5.74) is 0. The van der Waals surface area contributed by atoms with Gasteiger partial charge < -0.3 is 40.3 Å². The average molecular weight is 822 g/mol. The molecule has 1 heterocycles. The molecule has 0 aromatic rings. The third-order valence-electron chi connectivity index (χ3n) is 11.5. The van der Waals surface area contributed by atoms with Gasteiger partial charge in [0.05, 0.1) is 25.4 Å². The maximum atomic E-state index is 13.0. The summed E-state index contributed by atoms with van der Waals surface area (Å²) in [6.07, 6.45) is 41.4. The zero-order valence-electron chi connectivity index (χ0n) is 37.3. The summed E-state index contributed by atoms with van der Waals surface area (Å²) in [6, 6.07) is -0.725. The van der Waals surface area contributed by atoms with E-state index in [1.807, 2.05) is 0 Å². The number of rotatable bonds is 40. The molecule has 7 unspecified atom stereocenters. The van der Waals surface area contributed by atoms with Gasteiger partial charge in [0, 0.05) is 6.42 Å². The molecule has 0 spiro atoms. The van der Waals surface area contributed by atoms with E-state index < -0.39 is 49.5 Å². The van der Waals surface area contributed by atoms with E-state index in [1.165, 1.54) is 122 Å². The molecule has 0 radical (unpaired) electrons. The van der Waals surface area contributed by atoms with Crippen molar-refractivity contribution in [3.05, 3.63) is 36.5 Å². The molecule has 1 rings (SSSR count). The summed E-state index contributed by atoms with van der Waals surface area (Å²) < 4.78 is 11.3. The minimum absolute atomic E-state index is 0.143. The lowest BCUT2D eigenvalue weighted by Crippen LogP contribution is -2.60. The van der Waals surface area contributed by atoms with E-state index >= 15 is 0 Å². The Hall–Kier alpha value is -1.59. The summed E-state index contributed by atoms with van der Waals surface area (Å²) in [7, 11) is 0. The minimum Gasteiger partial charge on any atom is -0.394 e. The van der Waals surface area contributed by atoms with Gasteiger partial charge in [-0.2, -0.15) is 0 Å². The van der Waals surface area contributed by atoms with E-state index in [4.69, 9.17) is 9.47 Å². The molecule has 1 fully saturated rings. The van der Waals surface area contributed by atoms with Crippen LogP contribution in [0.25, 0.3) is 0 Å². The Morgan fingerprint density at radius 3 is 1.53 bits per heavy atom. The number of aliphatic hydroxyl groups excluding tert-OH is 5. The van der Waals surface area contributed by atoms with Gasteiger partial charge in [-0.05, 0) is 51.4 Å². The van der Waals surface area contributed by atoms with Crippen molar-refractivity contribution >= 4 is 5.91 Å². The largest absolute Gasteiger partial charge is 0.394 e. The van der Waals surface area contributed by atoms with E-state index in [-0.39, 0.29) is 12.5 Å². The molecule has 6 N–H and O–H groups in total. The zero-order valence-corrected chi connectivity index (χ0v) is 37.3. The monoisotopic (exact) mass is 822 g/mol. The molecule has 1 saturated heterocycles. The maximum Gasteiger partial charge on any atom is 0.220 e. The minimum atomic E-state index is -1.56. The van der Waals surface area contributed by atoms with Gasteiger partial charge >= 0.3 is 0 Å². The predicted molar refractivity (Wildman–Crippen MR) is 240 cm³/mol. The molecular formula is C49H91NO8. The number of carbonyl (C=O) groups excluding carboxylic acids is 1. The number of unbranched alkanes of at least 4 members (excludes halogenated alkanes) is 24. The number of hydrogen-bond donors (Lipinski definition) is 6. The topological polar surface area (TPSA) is 149 Å². The summed E-state index contributed by atoms with van der Waals surface area (Å²) >= 11 is 0. The summed E-state index contributed by atoms with van der Waals surface area (Å²) in [5, 5.41) is 54.4. The van der Waals surface area contributed by atoms with Crippen LogP contribution >= 0.6 is 0 Å². The van der Waals surface area contributed by atoms with Crippen LogP contribution < -0.4 is 5.32 Å². The normalized spacial score (nSPS) is 21.1. The Balaban J connectivity index is 2.32. The van der Waals surface area contributed by atoms with Crippen LogP contribution in [0.5, 0.6) is 0 Å². The van der Waals surface area contributed by atoms with Crippen molar-refractivity contribution in [2.75, 3.05) is 13.2 Å². The maximum absolute atomic E-state index is 13.0. The lowest BCUT2D eigenvalue weighted by Gasteiger charge is -2.40. The third-order valence-corrected chi connectivity index (χ3v) is 11.5. The highest BCUT2D eigenvalue weighted by Crippen LogP contribution is 2.23. The van der Waals surface area contributed by atoms with Crippen LogP contribution in [0.1, 0.15) is 213 Å². The van der Waals surface area contributed by atoms with Crippen molar-refractivity contribution in [1.82, 2.24) is 5.32 Å². The molecule has 0 aromatic heterocycles. The van der Waals surface area contributed by atoms with E-state index in [0.717, 1.165) is 64.2 Å². The second-order valence-electron chi connectivity index (χ2n) is 16.9. The van der Waals surface area contributed by atoms with Crippen LogP contribution in [0.4, 0.5) is 0 Å². The summed E-state index contributed by atoms with van der Waals surface area (Å²) in [6.45, 7) is 3.80. The van der Waals surface area contributed by atoms with Gasteiger partial charge in [-0.25, -0.2) is 0 Å². The van der Waals surface area contributed by atoms with E-state index in [1.54, 1.807) is 0 Å². The van der Waals surface area contributed by atoms with Crippen molar-refractivity contribution in [1.29, 1.82) is 0 Å². The Morgan fingerprint density at radius 1 is 0.586 bits per heavy atom. The standard InChI is InChI=1S/C49H91NO8/c1-3-5-7-9-11-13-15-17-19-21-22-23-25-27-29-31-33-35-37-39-45(53)50-42(41-57-49-48(56)47(55)46(54)44(40-51)58-49)43(52)38-36-34-32-30-28-26-24-20-18-16-14-12-10-8-6-4-2/h11,13,17,19,22-23,42-44,46-49,51-52,54-56H,3-10,12,14-16,18,20-21,24-41H2,1-2H3,(H,50,53)/b13-11-,19-17-,23-22-. The number of amides is 1. The van der Waals surface area contributed by atoms with Crippen molar-refractivity contribution in [3.8, 4) is 0 Å². The van der Waals surface area contributed by atoms with Crippen molar-refractivity contribution in [2.24, 2.45) is 0 Å². The van der Waals surface area contributed by atoms with Crippen LogP contribution in [0, 0.1) is 0 Å². The van der Waals surface area contributed by atoms with Crippen LogP contribution in [-0.2, 0) is 14.3 Å². The molecular weight excluding hydrogens is 731 g/mol. The number of carbonyl (C=O) groups is 1. The molecule has 1 aliphatic heterocycles. The Kier molecular flexibility index (Phi) is 37.1. The fourth-order valence-electron chi connectivity index (χ4n) is 7.58. The highest BCUT2D eigenvalue weighted by molar-refractivity contribution is 5.76.